The minimum absolute atomic E-state index is 0.168. The fourth-order valence-corrected chi connectivity index (χ4v) is 3.64. The van der Waals surface area contributed by atoms with E-state index >= 15 is 0 Å². The van der Waals surface area contributed by atoms with Crippen LogP contribution in [-0.4, -0.2) is 24.4 Å². The van der Waals surface area contributed by atoms with Crippen LogP contribution in [-0.2, 0) is 4.74 Å². The van der Waals surface area contributed by atoms with Crippen molar-refractivity contribution in [3.05, 3.63) is 59.7 Å². The van der Waals surface area contributed by atoms with Crippen LogP contribution >= 0.6 is 11.8 Å². The molecule has 1 heterocycles. The summed E-state index contributed by atoms with van der Waals surface area (Å²) in [6, 6.07) is 10.1. The Balaban J connectivity index is 1.73. The first kappa shape index (κ1) is 16.9. The molecule has 2 aromatic rings. The second kappa shape index (κ2) is 7.77. The van der Waals surface area contributed by atoms with Gasteiger partial charge in [0, 0.05) is 23.3 Å². The molecule has 3 rings (SSSR count). The maximum atomic E-state index is 13.7. The van der Waals surface area contributed by atoms with Gasteiger partial charge in [-0.05, 0) is 37.1 Å². The molecular weight excluding hydrogens is 332 g/mol. The zero-order valence-electron chi connectivity index (χ0n) is 12.9. The van der Waals surface area contributed by atoms with E-state index in [-0.39, 0.29) is 11.8 Å². The lowest BCUT2D eigenvalue weighted by molar-refractivity contribution is 0.102. The Hall–Kier alpha value is -1.92. The molecule has 1 unspecified atom stereocenters. The zero-order chi connectivity index (χ0) is 16.9. The van der Waals surface area contributed by atoms with Crippen molar-refractivity contribution in [1.82, 2.24) is 0 Å². The molecule has 1 amide bonds. The molecule has 1 fully saturated rings. The molecule has 1 aliphatic heterocycles. The average Bonchev–Trinajstić information content (AvgIpc) is 3.10. The van der Waals surface area contributed by atoms with E-state index in [0.29, 0.717) is 5.56 Å². The number of amides is 1. The lowest BCUT2D eigenvalue weighted by Crippen LogP contribution is -2.15. The Labute approximate surface area is 143 Å². The van der Waals surface area contributed by atoms with Crippen molar-refractivity contribution in [2.75, 3.05) is 17.7 Å². The first-order chi connectivity index (χ1) is 11.6. The van der Waals surface area contributed by atoms with Gasteiger partial charge in [-0.1, -0.05) is 12.1 Å². The number of carbonyl (C=O) groups excluding carboxylic acids is 1. The molecule has 0 bridgehead atoms. The summed E-state index contributed by atoms with van der Waals surface area (Å²) in [4.78, 5) is 13.2. The van der Waals surface area contributed by atoms with Crippen LogP contribution in [0.3, 0.4) is 0 Å². The highest BCUT2D eigenvalue weighted by Crippen LogP contribution is 2.27. The van der Waals surface area contributed by atoms with Gasteiger partial charge < -0.3 is 10.1 Å². The van der Waals surface area contributed by atoms with Crippen molar-refractivity contribution in [1.29, 1.82) is 0 Å². The maximum Gasteiger partial charge on any atom is 0.256 e. The van der Waals surface area contributed by atoms with Crippen molar-refractivity contribution < 1.29 is 18.3 Å². The Morgan fingerprint density at radius 3 is 2.88 bits per heavy atom. The Morgan fingerprint density at radius 2 is 2.08 bits per heavy atom. The largest absolute Gasteiger partial charge is 0.377 e. The summed E-state index contributed by atoms with van der Waals surface area (Å²) in [5.41, 5.74) is 0.267. The summed E-state index contributed by atoms with van der Waals surface area (Å²) >= 11 is 1.54. The van der Waals surface area contributed by atoms with Crippen molar-refractivity contribution in [3.63, 3.8) is 0 Å². The van der Waals surface area contributed by atoms with E-state index in [2.05, 4.69) is 5.32 Å². The van der Waals surface area contributed by atoms with Crippen LogP contribution in [0.2, 0.25) is 0 Å². The Bertz CT molecular complexity index is 733. The van der Waals surface area contributed by atoms with Crippen LogP contribution < -0.4 is 5.32 Å². The average molecular weight is 349 g/mol. The van der Waals surface area contributed by atoms with Gasteiger partial charge in [0.15, 0.2) is 0 Å². The van der Waals surface area contributed by atoms with Crippen LogP contribution in [0.1, 0.15) is 23.2 Å². The van der Waals surface area contributed by atoms with Crippen LogP contribution in [0.25, 0.3) is 0 Å². The second-order valence-electron chi connectivity index (χ2n) is 5.52. The number of hydrogen-bond acceptors (Lipinski definition) is 3. The van der Waals surface area contributed by atoms with E-state index in [9.17, 15) is 13.6 Å². The Kier molecular flexibility index (Phi) is 5.48. The topological polar surface area (TPSA) is 38.3 Å². The van der Waals surface area contributed by atoms with Crippen molar-refractivity contribution in [2.45, 2.75) is 23.8 Å². The van der Waals surface area contributed by atoms with E-state index in [1.54, 1.807) is 12.1 Å². The van der Waals surface area contributed by atoms with Gasteiger partial charge in [-0.15, -0.1) is 11.8 Å². The number of anilines is 1. The smallest absolute Gasteiger partial charge is 0.256 e. The third-order valence-corrected chi connectivity index (χ3v) is 4.96. The summed E-state index contributed by atoms with van der Waals surface area (Å²) in [5, 5.41) is 2.44. The molecule has 1 atom stereocenters. The van der Waals surface area contributed by atoms with Crippen LogP contribution in [0, 0.1) is 11.6 Å². The van der Waals surface area contributed by atoms with Crippen LogP contribution in [0.4, 0.5) is 14.5 Å². The molecule has 1 N–H and O–H groups in total. The summed E-state index contributed by atoms with van der Waals surface area (Å²) in [6.45, 7) is 0.784. The third kappa shape index (κ3) is 4.13. The maximum absolute atomic E-state index is 13.7. The highest BCUT2D eigenvalue weighted by molar-refractivity contribution is 7.99. The zero-order valence-corrected chi connectivity index (χ0v) is 13.7. The Morgan fingerprint density at radius 1 is 1.25 bits per heavy atom. The number of halogens is 2. The second-order valence-corrected chi connectivity index (χ2v) is 6.58. The van der Waals surface area contributed by atoms with Gasteiger partial charge in [-0.3, -0.25) is 4.79 Å². The summed E-state index contributed by atoms with van der Waals surface area (Å²) in [5.74, 6) is -0.976. The molecule has 0 aliphatic carbocycles. The fraction of sp³-hybridized carbons (Fsp3) is 0.278. The van der Waals surface area contributed by atoms with Gasteiger partial charge >= 0.3 is 0 Å². The highest BCUT2D eigenvalue weighted by atomic mass is 32.2. The molecule has 24 heavy (non-hydrogen) atoms. The van der Waals surface area contributed by atoms with Gasteiger partial charge in [-0.2, -0.15) is 0 Å². The first-order valence-corrected chi connectivity index (χ1v) is 8.72. The van der Waals surface area contributed by atoms with Gasteiger partial charge in [-0.25, -0.2) is 8.78 Å². The predicted octanol–water partition coefficient (Wildman–Crippen LogP) is 4.49. The number of nitrogens with one attached hydrogen (secondary N) is 1. The fourth-order valence-electron chi connectivity index (χ4n) is 2.52. The molecule has 0 saturated carbocycles. The van der Waals surface area contributed by atoms with E-state index in [0.717, 1.165) is 48.3 Å². The summed E-state index contributed by atoms with van der Waals surface area (Å²) in [7, 11) is 0. The number of ether oxygens (including phenoxy) is 1. The number of rotatable bonds is 5. The molecule has 0 radical (unpaired) electrons. The summed E-state index contributed by atoms with van der Waals surface area (Å²) < 4.78 is 32.5. The normalized spacial score (nSPS) is 17.0. The van der Waals surface area contributed by atoms with Crippen LogP contribution in [0.5, 0.6) is 0 Å². The molecule has 0 spiro atoms. The first-order valence-electron chi connectivity index (χ1n) is 7.73. The number of hydrogen-bond donors (Lipinski definition) is 1. The van der Waals surface area contributed by atoms with Crippen molar-refractivity contribution in [3.8, 4) is 0 Å². The predicted molar refractivity (Wildman–Crippen MR) is 90.5 cm³/mol. The number of carbonyl (C=O) groups is 1. The third-order valence-electron chi connectivity index (χ3n) is 3.76. The highest BCUT2D eigenvalue weighted by Gasteiger charge is 2.18. The minimum atomic E-state index is -0.672. The lowest BCUT2D eigenvalue weighted by Gasteiger charge is -2.12. The molecule has 6 heteroatoms. The van der Waals surface area contributed by atoms with Gasteiger partial charge in [0.2, 0.25) is 0 Å². The molecule has 0 aromatic heterocycles. The molecule has 2 aromatic carbocycles. The van der Waals surface area contributed by atoms with Crippen molar-refractivity contribution >= 4 is 23.4 Å². The van der Waals surface area contributed by atoms with E-state index in [1.165, 1.54) is 11.8 Å². The van der Waals surface area contributed by atoms with Gasteiger partial charge in [0.25, 0.3) is 5.91 Å². The van der Waals surface area contributed by atoms with E-state index in [4.69, 9.17) is 4.74 Å². The van der Waals surface area contributed by atoms with Crippen molar-refractivity contribution in [2.24, 2.45) is 0 Å². The SMILES string of the molecule is O=C(Nc1cc(F)ccc1F)c1ccccc1SCC1CCCO1. The molecule has 1 aliphatic rings. The van der Waals surface area contributed by atoms with Gasteiger partial charge in [0.1, 0.15) is 11.6 Å². The monoisotopic (exact) mass is 349 g/mol. The minimum Gasteiger partial charge on any atom is -0.377 e. The summed E-state index contributed by atoms with van der Waals surface area (Å²) in [6.07, 6.45) is 2.29. The van der Waals surface area contributed by atoms with E-state index < -0.39 is 17.5 Å². The molecular formula is C18H17F2NO2S. The quantitative estimate of drug-likeness (QED) is 0.809. The molecule has 126 valence electrons. The number of thioether (sulfide) groups is 1. The molecule has 3 nitrogen and oxygen atoms in total. The van der Waals surface area contributed by atoms with E-state index in [1.807, 2.05) is 12.1 Å². The van der Waals surface area contributed by atoms with Crippen LogP contribution in [0.15, 0.2) is 47.4 Å². The standard InChI is InChI=1S/C18H17F2NO2S/c19-12-7-8-15(20)16(10-12)21-18(22)14-5-1-2-6-17(14)24-11-13-4-3-9-23-13/h1-2,5-8,10,13H,3-4,9,11H2,(H,21,22). The number of benzene rings is 2. The molecule has 1 saturated heterocycles. The lowest BCUT2D eigenvalue weighted by atomic mass is 10.2. The van der Waals surface area contributed by atoms with Gasteiger partial charge in [0.05, 0.1) is 17.4 Å².